The molecule has 33 heavy (non-hydrogen) atoms. The van der Waals surface area contributed by atoms with E-state index in [-0.39, 0.29) is 11.5 Å². The highest BCUT2D eigenvalue weighted by atomic mass is 35.5. The first kappa shape index (κ1) is 22.9. The molecule has 7 nitrogen and oxygen atoms in total. The summed E-state index contributed by atoms with van der Waals surface area (Å²) in [6, 6.07) is 11.8. The smallest absolute Gasteiger partial charge is 0.337 e. The number of benzene rings is 1. The van der Waals surface area contributed by atoms with Gasteiger partial charge < -0.3 is 20.1 Å². The molecule has 0 spiro atoms. The minimum atomic E-state index is -0.972. The number of fused-ring (bicyclic) bond motifs is 1. The molecule has 1 aromatic carbocycles. The molecule has 0 saturated carbocycles. The molecule has 8 heteroatoms. The van der Waals surface area contributed by atoms with Gasteiger partial charge in [0, 0.05) is 49.5 Å². The number of ether oxygens (including phenoxy) is 1. The van der Waals surface area contributed by atoms with Crippen LogP contribution in [0, 0.1) is 0 Å². The number of alkyl halides is 1. The predicted octanol–water partition coefficient (Wildman–Crippen LogP) is 5.09. The lowest BCUT2D eigenvalue weighted by Crippen LogP contribution is -2.22. The van der Waals surface area contributed by atoms with Crippen molar-refractivity contribution in [2.75, 3.05) is 36.3 Å². The van der Waals surface area contributed by atoms with Crippen LogP contribution < -0.4 is 15.0 Å². The van der Waals surface area contributed by atoms with E-state index in [4.69, 9.17) is 16.3 Å². The molecule has 1 atom stereocenters. The molecule has 0 fully saturated rings. The normalized spacial score (nSPS) is 14.8. The van der Waals surface area contributed by atoms with Crippen molar-refractivity contribution in [1.82, 2.24) is 9.97 Å². The minimum absolute atomic E-state index is 0.203. The molecule has 2 aromatic heterocycles. The van der Waals surface area contributed by atoms with Crippen molar-refractivity contribution < 1.29 is 14.6 Å². The van der Waals surface area contributed by atoms with Gasteiger partial charge in [-0.2, -0.15) is 0 Å². The molecule has 3 heterocycles. The second-order valence-electron chi connectivity index (χ2n) is 8.04. The van der Waals surface area contributed by atoms with E-state index in [2.05, 4.69) is 33.5 Å². The van der Waals surface area contributed by atoms with Gasteiger partial charge in [-0.05, 0) is 48.6 Å². The Bertz CT molecular complexity index is 1110. The SMILES string of the molecule is CN(c1ccc2c(c1)OCC[C@H]2CNc1cnccc1C(=O)O)c1ccc(CCCCl)cn1. The van der Waals surface area contributed by atoms with Gasteiger partial charge in [-0.25, -0.2) is 9.78 Å². The van der Waals surface area contributed by atoms with Crippen molar-refractivity contribution in [2.24, 2.45) is 0 Å². The number of halogens is 1. The van der Waals surface area contributed by atoms with Crippen LogP contribution in [0.4, 0.5) is 17.2 Å². The largest absolute Gasteiger partial charge is 0.493 e. The molecule has 0 radical (unpaired) electrons. The molecule has 3 aromatic rings. The number of rotatable bonds is 9. The Morgan fingerprint density at radius 3 is 2.91 bits per heavy atom. The summed E-state index contributed by atoms with van der Waals surface area (Å²) in [7, 11) is 1.99. The number of hydrogen-bond donors (Lipinski definition) is 2. The zero-order valence-corrected chi connectivity index (χ0v) is 19.3. The van der Waals surface area contributed by atoms with Crippen molar-refractivity contribution in [3.05, 3.63) is 71.7 Å². The van der Waals surface area contributed by atoms with Crippen LogP contribution >= 0.6 is 11.6 Å². The van der Waals surface area contributed by atoms with Gasteiger partial charge in [0.1, 0.15) is 11.6 Å². The van der Waals surface area contributed by atoms with Crippen LogP contribution in [0.1, 0.15) is 40.2 Å². The molecule has 2 N–H and O–H groups in total. The summed E-state index contributed by atoms with van der Waals surface area (Å²) < 4.78 is 5.96. The quantitative estimate of drug-likeness (QED) is 0.424. The monoisotopic (exact) mass is 466 g/mol. The lowest BCUT2D eigenvalue weighted by molar-refractivity contribution is 0.0697. The van der Waals surface area contributed by atoms with E-state index in [9.17, 15) is 9.90 Å². The highest BCUT2D eigenvalue weighted by Crippen LogP contribution is 2.37. The van der Waals surface area contributed by atoms with E-state index in [0.29, 0.717) is 24.7 Å². The Labute approximate surface area is 198 Å². The van der Waals surface area contributed by atoms with Crippen molar-refractivity contribution in [1.29, 1.82) is 0 Å². The summed E-state index contributed by atoms with van der Waals surface area (Å²) in [6.45, 7) is 1.21. The number of carboxylic acid groups (broad SMARTS) is 1. The van der Waals surface area contributed by atoms with Gasteiger partial charge in [0.15, 0.2) is 0 Å². The van der Waals surface area contributed by atoms with Gasteiger partial charge in [-0.15, -0.1) is 11.6 Å². The third-order valence-corrected chi connectivity index (χ3v) is 6.16. The Morgan fingerprint density at radius 1 is 1.27 bits per heavy atom. The number of aromatic nitrogens is 2. The molecule has 0 saturated heterocycles. The maximum Gasteiger partial charge on any atom is 0.337 e. The molecule has 1 aliphatic heterocycles. The van der Waals surface area contributed by atoms with Gasteiger partial charge in [-0.1, -0.05) is 12.1 Å². The van der Waals surface area contributed by atoms with E-state index in [1.165, 1.54) is 17.8 Å². The standard InChI is InChI=1S/C25H27ClN4O3/c1-30(24-7-4-17(14-29-24)3-2-10-26)19-5-6-20-18(9-12-33-23(20)13-19)15-28-22-16-27-11-8-21(22)25(31)32/h4-8,11,13-14,16,18,28H,2-3,9-10,12,15H2,1H3,(H,31,32)/t18-/m0/s1. The van der Waals surface area contributed by atoms with Crippen LogP contribution in [0.5, 0.6) is 5.75 Å². The average molecular weight is 467 g/mol. The topological polar surface area (TPSA) is 87.6 Å². The maximum atomic E-state index is 11.5. The summed E-state index contributed by atoms with van der Waals surface area (Å²) in [6.07, 6.45) is 7.65. The van der Waals surface area contributed by atoms with Crippen LogP contribution in [0.2, 0.25) is 0 Å². The number of hydrogen-bond acceptors (Lipinski definition) is 6. The van der Waals surface area contributed by atoms with E-state index in [1.807, 2.05) is 30.3 Å². The number of carbonyl (C=O) groups is 1. The lowest BCUT2D eigenvalue weighted by atomic mass is 9.92. The van der Waals surface area contributed by atoms with Gasteiger partial charge in [0.25, 0.3) is 0 Å². The Balaban J connectivity index is 1.47. The van der Waals surface area contributed by atoms with Crippen molar-refractivity contribution in [3.8, 4) is 5.75 Å². The zero-order valence-electron chi connectivity index (χ0n) is 18.5. The number of nitrogens with one attached hydrogen (secondary N) is 1. The zero-order chi connectivity index (χ0) is 23.2. The maximum absolute atomic E-state index is 11.5. The number of aromatic carboxylic acids is 1. The third-order valence-electron chi connectivity index (χ3n) is 5.89. The number of carboxylic acids is 1. The highest BCUT2D eigenvalue weighted by Gasteiger charge is 2.23. The summed E-state index contributed by atoms with van der Waals surface area (Å²) in [5.74, 6) is 1.59. The molecule has 4 rings (SSSR count). The van der Waals surface area contributed by atoms with E-state index in [0.717, 1.165) is 42.1 Å². The fraction of sp³-hybridized carbons (Fsp3) is 0.320. The van der Waals surface area contributed by atoms with Gasteiger partial charge >= 0.3 is 5.97 Å². The van der Waals surface area contributed by atoms with Crippen LogP contribution in [0.25, 0.3) is 0 Å². The van der Waals surface area contributed by atoms with E-state index < -0.39 is 5.97 Å². The lowest BCUT2D eigenvalue weighted by Gasteiger charge is -2.28. The Hall–Kier alpha value is -3.32. The van der Waals surface area contributed by atoms with Crippen LogP contribution in [0.3, 0.4) is 0 Å². The van der Waals surface area contributed by atoms with Gasteiger partial charge in [0.2, 0.25) is 0 Å². The number of anilines is 3. The van der Waals surface area contributed by atoms with Crippen LogP contribution in [-0.4, -0.2) is 47.1 Å². The van der Waals surface area contributed by atoms with Crippen molar-refractivity contribution in [3.63, 3.8) is 0 Å². The summed E-state index contributed by atoms with van der Waals surface area (Å²) >= 11 is 5.78. The van der Waals surface area contributed by atoms with Crippen LogP contribution in [-0.2, 0) is 6.42 Å². The second-order valence-corrected chi connectivity index (χ2v) is 8.42. The highest BCUT2D eigenvalue weighted by molar-refractivity contribution is 6.17. The fourth-order valence-electron chi connectivity index (χ4n) is 3.99. The van der Waals surface area contributed by atoms with Gasteiger partial charge in [-0.3, -0.25) is 4.98 Å². The minimum Gasteiger partial charge on any atom is -0.493 e. The van der Waals surface area contributed by atoms with Crippen molar-refractivity contribution >= 4 is 34.8 Å². The summed E-state index contributed by atoms with van der Waals surface area (Å²) in [4.78, 5) is 22.1. The molecule has 172 valence electrons. The van der Waals surface area contributed by atoms with Gasteiger partial charge in [0.05, 0.1) is 24.1 Å². The number of nitrogens with zero attached hydrogens (tertiary/aromatic N) is 3. The first-order chi connectivity index (χ1) is 16.1. The molecule has 0 unspecified atom stereocenters. The molecular formula is C25H27ClN4O3. The predicted molar refractivity (Wildman–Crippen MR) is 130 cm³/mol. The first-order valence-corrected chi connectivity index (χ1v) is 11.5. The molecule has 0 amide bonds. The van der Waals surface area contributed by atoms with Crippen LogP contribution in [0.15, 0.2) is 55.0 Å². The molecular weight excluding hydrogens is 440 g/mol. The summed E-state index contributed by atoms with van der Waals surface area (Å²) in [5.41, 5.74) is 4.02. The average Bonchev–Trinajstić information content (AvgIpc) is 2.85. The summed E-state index contributed by atoms with van der Waals surface area (Å²) in [5, 5.41) is 12.6. The first-order valence-electron chi connectivity index (χ1n) is 11.0. The van der Waals surface area contributed by atoms with E-state index >= 15 is 0 Å². The third kappa shape index (κ3) is 5.37. The molecule has 0 bridgehead atoms. The molecule has 1 aliphatic rings. The second kappa shape index (κ2) is 10.5. The molecule has 0 aliphatic carbocycles. The van der Waals surface area contributed by atoms with Crippen molar-refractivity contribution in [2.45, 2.75) is 25.2 Å². The van der Waals surface area contributed by atoms with E-state index in [1.54, 1.807) is 6.20 Å². The number of pyridine rings is 2. The fourth-order valence-corrected chi connectivity index (χ4v) is 4.13. The Morgan fingerprint density at radius 2 is 2.15 bits per heavy atom. The number of aryl methyl sites for hydroxylation is 1. The Kier molecular flexibility index (Phi) is 7.29.